The van der Waals surface area contributed by atoms with Crippen LogP contribution in [-0.4, -0.2) is 16.0 Å². The van der Waals surface area contributed by atoms with Crippen molar-refractivity contribution in [2.45, 2.75) is 26.7 Å². The summed E-state index contributed by atoms with van der Waals surface area (Å²) < 4.78 is 0. The molecule has 1 aromatic carbocycles. The molecule has 5 nitrogen and oxygen atoms in total. The number of amides is 1. The van der Waals surface area contributed by atoms with Gasteiger partial charge in [-0.2, -0.15) is 0 Å². The van der Waals surface area contributed by atoms with Gasteiger partial charge in [-0.05, 0) is 24.0 Å². The molecule has 110 valence electrons. The van der Waals surface area contributed by atoms with Crippen LogP contribution in [0.2, 0.25) is 0 Å². The molecule has 2 aromatic rings. The average molecular weight is 286 g/mol. The molecule has 0 saturated carbocycles. The maximum atomic E-state index is 12.3. The molecule has 0 aliphatic carbocycles. The predicted octanol–water partition coefficient (Wildman–Crippen LogP) is 2.46. The molecule has 1 heterocycles. The van der Waals surface area contributed by atoms with E-state index in [1.807, 2.05) is 32.0 Å². The molecule has 3 N–H and O–H groups in total. The minimum absolute atomic E-state index is 0.0440. The number of hydrogen-bond donors (Lipinski definition) is 3. The molecule has 21 heavy (non-hydrogen) atoms. The highest BCUT2D eigenvalue weighted by atomic mass is 16.3. The summed E-state index contributed by atoms with van der Waals surface area (Å²) in [5.41, 5.74) is 2.44. The zero-order valence-electron chi connectivity index (χ0n) is 12.1. The SMILES string of the molecule is CCc1cccc(CC)c1NC(=O)c1c[nH]c(=O)cc1O. The van der Waals surface area contributed by atoms with Gasteiger partial charge in [-0.25, -0.2) is 0 Å². The van der Waals surface area contributed by atoms with Crippen LogP contribution in [0.5, 0.6) is 5.75 Å². The first kappa shape index (κ1) is 14.8. The van der Waals surface area contributed by atoms with E-state index in [1.165, 1.54) is 6.20 Å². The second-order valence-electron chi connectivity index (χ2n) is 4.71. The predicted molar refractivity (Wildman–Crippen MR) is 81.9 cm³/mol. The fraction of sp³-hybridized carbons (Fsp3) is 0.250. The van der Waals surface area contributed by atoms with Crippen molar-refractivity contribution in [3.63, 3.8) is 0 Å². The minimum Gasteiger partial charge on any atom is -0.507 e. The van der Waals surface area contributed by atoms with Crippen molar-refractivity contribution in [3.8, 4) is 5.75 Å². The van der Waals surface area contributed by atoms with Gasteiger partial charge in [0.2, 0.25) is 0 Å². The van der Waals surface area contributed by atoms with Gasteiger partial charge in [0.25, 0.3) is 11.5 Å². The van der Waals surface area contributed by atoms with Crippen LogP contribution in [0.25, 0.3) is 0 Å². The maximum absolute atomic E-state index is 12.3. The summed E-state index contributed by atoms with van der Waals surface area (Å²) in [7, 11) is 0. The Balaban J connectivity index is 2.37. The Hall–Kier alpha value is -2.56. The zero-order chi connectivity index (χ0) is 15.4. The number of aromatic nitrogens is 1. The number of H-pyrrole nitrogens is 1. The van der Waals surface area contributed by atoms with Crippen LogP contribution >= 0.6 is 0 Å². The molecule has 0 aliphatic rings. The van der Waals surface area contributed by atoms with Gasteiger partial charge in [-0.3, -0.25) is 9.59 Å². The van der Waals surface area contributed by atoms with Crippen LogP contribution in [0.4, 0.5) is 5.69 Å². The molecule has 0 fully saturated rings. The van der Waals surface area contributed by atoms with Crippen molar-refractivity contribution < 1.29 is 9.90 Å². The lowest BCUT2D eigenvalue weighted by atomic mass is 10.0. The van der Waals surface area contributed by atoms with Crippen molar-refractivity contribution in [2.24, 2.45) is 0 Å². The monoisotopic (exact) mass is 286 g/mol. The lowest BCUT2D eigenvalue weighted by Gasteiger charge is -2.14. The van der Waals surface area contributed by atoms with Gasteiger partial charge >= 0.3 is 0 Å². The number of nitrogens with one attached hydrogen (secondary N) is 2. The summed E-state index contributed by atoms with van der Waals surface area (Å²) in [5, 5.41) is 12.5. The van der Waals surface area contributed by atoms with E-state index >= 15 is 0 Å². The molecule has 0 saturated heterocycles. The van der Waals surface area contributed by atoms with Gasteiger partial charge in [-0.1, -0.05) is 32.0 Å². The molecule has 5 heteroatoms. The van der Waals surface area contributed by atoms with Crippen LogP contribution in [0.15, 0.2) is 35.3 Å². The molecule has 1 amide bonds. The van der Waals surface area contributed by atoms with E-state index in [2.05, 4.69) is 10.3 Å². The largest absolute Gasteiger partial charge is 0.507 e. The number of aromatic hydroxyl groups is 1. The van der Waals surface area contributed by atoms with Crippen LogP contribution < -0.4 is 10.9 Å². The van der Waals surface area contributed by atoms with Crippen molar-refractivity contribution in [3.05, 3.63) is 57.5 Å². The van der Waals surface area contributed by atoms with Gasteiger partial charge < -0.3 is 15.4 Å². The Morgan fingerprint density at radius 1 is 1.24 bits per heavy atom. The normalized spacial score (nSPS) is 10.4. The highest BCUT2D eigenvalue weighted by molar-refractivity contribution is 6.06. The summed E-state index contributed by atoms with van der Waals surface area (Å²) in [6, 6.07) is 6.87. The third-order valence-corrected chi connectivity index (χ3v) is 3.38. The van der Waals surface area contributed by atoms with Crippen molar-refractivity contribution in [1.29, 1.82) is 0 Å². The molecule has 0 unspecified atom stereocenters. The van der Waals surface area contributed by atoms with E-state index in [-0.39, 0.29) is 11.3 Å². The first-order valence-electron chi connectivity index (χ1n) is 6.90. The summed E-state index contributed by atoms with van der Waals surface area (Å²) in [6.07, 6.45) is 2.80. The number of carbonyl (C=O) groups excluding carboxylic acids is 1. The number of anilines is 1. The standard InChI is InChI=1S/C16H18N2O3/c1-3-10-6-5-7-11(4-2)15(10)18-16(21)12-9-17-14(20)8-13(12)19/h5-9H,3-4H2,1-2H3,(H,18,21)(H2,17,19,20). The van der Waals surface area contributed by atoms with E-state index in [1.54, 1.807) is 0 Å². The number of carbonyl (C=O) groups is 1. The fourth-order valence-electron chi connectivity index (χ4n) is 2.23. The van der Waals surface area contributed by atoms with E-state index in [9.17, 15) is 14.7 Å². The number of benzene rings is 1. The second-order valence-corrected chi connectivity index (χ2v) is 4.71. The Kier molecular flexibility index (Phi) is 4.42. The van der Waals surface area contributed by atoms with Gasteiger partial charge in [0.05, 0.1) is 5.56 Å². The summed E-state index contributed by atoms with van der Waals surface area (Å²) in [5.74, 6) is -0.775. The van der Waals surface area contributed by atoms with Crippen LogP contribution in [0, 0.1) is 0 Å². The fourth-order valence-corrected chi connectivity index (χ4v) is 2.23. The van der Waals surface area contributed by atoms with Crippen LogP contribution in [0.3, 0.4) is 0 Å². The minimum atomic E-state index is -0.452. The Morgan fingerprint density at radius 2 is 1.86 bits per heavy atom. The highest BCUT2D eigenvalue weighted by Crippen LogP contribution is 2.24. The smallest absolute Gasteiger partial charge is 0.260 e. The molecule has 0 spiro atoms. The van der Waals surface area contributed by atoms with Gasteiger partial charge in [0.1, 0.15) is 5.75 Å². The van der Waals surface area contributed by atoms with Gasteiger partial charge in [0, 0.05) is 18.0 Å². The third kappa shape index (κ3) is 3.13. The molecule has 0 atom stereocenters. The Bertz CT molecular complexity index is 697. The number of hydrogen-bond acceptors (Lipinski definition) is 3. The summed E-state index contributed by atoms with van der Waals surface area (Å²) in [4.78, 5) is 25.8. The average Bonchev–Trinajstić information content (AvgIpc) is 2.47. The number of aromatic amines is 1. The van der Waals surface area contributed by atoms with Gasteiger partial charge in [0.15, 0.2) is 0 Å². The van der Waals surface area contributed by atoms with Crippen molar-refractivity contribution >= 4 is 11.6 Å². The van der Waals surface area contributed by atoms with E-state index in [4.69, 9.17) is 0 Å². The highest BCUT2D eigenvalue weighted by Gasteiger charge is 2.15. The van der Waals surface area contributed by atoms with Crippen LogP contribution in [-0.2, 0) is 12.8 Å². The zero-order valence-corrected chi connectivity index (χ0v) is 12.1. The lowest BCUT2D eigenvalue weighted by molar-refractivity contribution is 0.102. The molecular weight excluding hydrogens is 268 g/mol. The quantitative estimate of drug-likeness (QED) is 0.807. The summed E-state index contributed by atoms with van der Waals surface area (Å²) >= 11 is 0. The number of pyridine rings is 1. The summed E-state index contributed by atoms with van der Waals surface area (Å²) in [6.45, 7) is 4.03. The van der Waals surface area contributed by atoms with Crippen molar-refractivity contribution in [2.75, 3.05) is 5.32 Å². The number of para-hydroxylation sites is 1. The third-order valence-electron chi connectivity index (χ3n) is 3.38. The first-order chi connectivity index (χ1) is 10.1. The number of rotatable bonds is 4. The van der Waals surface area contributed by atoms with E-state index in [0.29, 0.717) is 0 Å². The van der Waals surface area contributed by atoms with E-state index < -0.39 is 11.5 Å². The topological polar surface area (TPSA) is 82.2 Å². The molecular formula is C16H18N2O3. The van der Waals surface area contributed by atoms with Crippen LogP contribution in [0.1, 0.15) is 35.3 Å². The maximum Gasteiger partial charge on any atom is 0.260 e. The molecule has 0 bridgehead atoms. The first-order valence-corrected chi connectivity index (χ1v) is 6.90. The Morgan fingerprint density at radius 3 is 2.38 bits per heavy atom. The molecule has 0 aliphatic heterocycles. The molecule has 2 rings (SSSR count). The molecule has 0 radical (unpaired) electrons. The van der Waals surface area contributed by atoms with Gasteiger partial charge in [-0.15, -0.1) is 0 Å². The van der Waals surface area contributed by atoms with E-state index in [0.717, 1.165) is 35.7 Å². The van der Waals surface area contributed by atoms with Crippen molar-refractivity contribution in [1.82, 2.24) is 4.98 Å². The Labute approximate surface area is 122 Å². The lowest BCUT2D eigenvalue weighted by Crippen LogP contribution is -2.17. The second kappa shape index (κ2) is 6.26. The molecule has 1 aromatic heterocycles. The number of aryl methyl sites for hydroxylation is 2.